The maximum atomic E-state index is 12.6. The molecule has 1 heterocycles. The Kier molecular flexibility index (Phi) is 6.91. The van der Waals surface area contributed by atoms with Crippen LogP contribution in [-0.4, -0.2) is 85.5 Å². The van der Waals surface area contributed by atoms with Crippen molar-refractivity contribution in [2.24, 2.45) is 0 Å². The van der Waals surface area contributed by atoms with Gasteiger partial charge in [-0.1, -0.05) is 18.2 Å². The first-order valence-electron chi connectivity index (χ1n) is 10.1. The van der Waals surface area contributed by atoms with Gasteiger partial charge in [-0.2, -0.15) is 0 Å². The van der Waals surface area contributed by atoms with Crippen molar-refractivity contribution in [1.29, 1.82) is 0 Å². The van der Waals surface area contributed by atoms with Crippen LogP contribution in [0.2, 0.25) is 0 Å². The van der Waals surface area contributed by atoms with E-state index in [0.29, 0.717) is 19.1 Å². The van der Waals surface area contributed by atoms with Crippen molar-refractivity contribution in [2.45, 2.75) is 38.4 Å². The zero-order valence-electron chi connectivity index (χ0n) is 17.2. The normalized spacial score (nSPS) is 19.1. The minimum Gasteiger partial charge on any atom is -0.496 e. The van der Waals surface area contributed by atoms with Crippen molar-refractivity contribution < 1.29 is 14.3 Å². The highest BCUT2D eigenvalue weighted by Crippen LogP contribution is 2.20. The smallest absolute Gasteiger partial charge is 0.237 e. The molecule has 7 heteroatoms. The standard InChI is InChI=1S/C21H32N4O3/c1-16(21(27)22-18-8-9-18)25-12-10-24(11-13-25)15-20(26)23(2)14-17-6-4-5-7-19(17)28-3/h4-7,16,18H,8-15H2,1-3H3,(H,22,27). The Labute approximate surface area is 167 Å². The molecule has 7 nitrogen and oxygen atoms in total. The lowest BCUT2D eigenvalue weighted by molar-refractivity contribution is -0.133. The molecule has 0 radical (unpaired) electrons. The first-order valence-corrected chi connectivity index (χ1v) is 10.1. The lowest BCUT2D eigenvalue weighted by atomic mass is 10.2. The van der Waals surface area contributed by atoms with E-state index in [0.717, 1.165) is 50.3 Å². The largest absolute Gasteiger partial charge is 0.496 e. The van der Waals surface area contributed by atoms with E-state index < -0.39 is 0 Å². The summed E-state index contributed by atoms with van der Waals surface area (Å²) >= 11 is 0. The zero-order chi connectivity index (χ0) is 20.1. The fraction of sp³-hybridized carbons (Fsp3) is 0.619. The second-order valence-electron chi connectivity index (χ2n) is 7.83. The van der Waals surface area contributed by atoms with Crippen molar-refractivity contribution in [2.75, 3.05) is 46.9 Å². The molecule has 1 aromatic carbocycles. The summed E-state index contributed by atoms with van der Waals surface area (Å²) in [6, 6.07) is 8.06. The third-order valence-electron chi connectivity index (χ3n) is 5.64. The highest BCUT2D eigenvalue weighted by Gasteiger charge is 2.30. The molecule has 2 fully saturated rings. The molecule has 1 aromatic rings. The molecule has 1 N–H and O–H groups in total. The van der Waals surface area contributed by atoms with Gasteiger partial charge in [-0.25, -0.2) is 0 Å². The highest BCUT2D eigenvalue weighted by molar-refractivity contribution is 5.82. The van der Waals surface area contributed by atoms with Crippen LogP contribution in [0, 0.1) is 0 Å². The molecule has 1 unspecified atom stereocenters. The molecule has 2 aliphatic rings. The van der Waals surface area contributed by atoms with E-state index in [-0.39, 0.29) is 17.9 Å². The number of nitrogens with zero attached hydrogens (tertiary/aromatic N) is 3. The van der Waals surface area contributed by atoms with Crippen LogP contribution in [0.1, 0.15) is 25.3 Å². The molecule has 0 bridgehead atoms. The Bertz CT molecular complexity index is 684. The summed E-state index contributed by atoms with van der Waals surface area (Å²) in [7, 11) is 3.47. The third-order valence-corrected chi connectivity index (χ3v) is 5.64. The Hall–Kier alpha value is -2.12. The van der Waals surface area contributed by atoms with E-state index in [2.05, 4.69) is 15.1 Å². The molecule has 1 aliphatic carbocycles. The summed E-state index contributed by atoms with van der Waals surface area (Å²) in [5.41, 5.74) is 1.00. The molecular formula is C21H32N4O3. The second kappa shape index (κ2) is 9.39. The predicted octanol–water partition coefficient (Wildman–Crippen LogP) is 0.938. The number of ether oxygens (including phenoxy) is 1. The van der Waals surface area contributed by atoms with E-state index in [9.17, 15) is 9.59 Å². The van der Waals surface area contributed by atoms with Crippen molar-refractivity contribution >= 4 is 11.8 Å². The van der Waals surface area contributed by atoms with Gasteiger partial charge in [0.05, 0.1) is 19.7 Å². The van der Waals surface area contributed by atoms with Crippen LogP contribution in [-0.2, 0) is 16.1 Å². The summed E-state index contributed by atoms with van der Waals surface area (Å²) < 4.78 is 5.37. The van der Waals surface area contributed by atoms with Gasteiger partial charge in [0.1, 0.15) is 5.75 Å². The van der Waals surface area contributed by atoms with Crippen LogP contribution < -0.4 is 10.1 Å². The number of amides is 2. The number of methoxy groups -OCH3 is 1. The van der Waals surface area contributed by atoms with Gasteiger partial charge < -0.3 is 15.0 Å². The number of hydrogen-bond acceptors (Lipinski definition) is 5. The maximum Gasteiger partial charge on any atom is 0.237 e. The lowest BCUT2D eigenvalue weighted by Gasteiger charge is -2.37. The van der Waals surface area contributed by atoms with Crippen molar-refractivity contribution in [3.8, 4) is 5.75 Å². The molecule has 1 atom stereocenters. The van der Waals surface area contributed by atoms with Gasteiger partial charge in [-0.3, -0.25) is 19.4 Å². The summed E-state index contributed by atoms with van der Waals surface area (Å²) in [5, 5.41) is 3.08. The minimum absolute atomic E-state index is 0.0962. The van der Waals surface area contributed by atoms with E-state index in [1.54, 1.807) is 12.0 Å². The molecule has 1 aliphatic heterocycles. The molecular weight excluding hydrogens is 356 g/mol. The van der Waals surface area contributed by atoms with Gasteiger partial charge in [0.15, 0.2) is 0 Å². The number of hydrogen-bond donors (Lipinski definition) is 1. The SMILES string of the molecule is COc1ccccc1CN(C)C(=O)CN1CCN(C(C)C(=O)NC2CC2)CC1. The first-order chi connectivity index (χ1) is 13.5. The van der Waals surface area contributed by atoms with E-state index in [1.165, 1.54) is 0 Å². The number of rotatable bonds is 8. The maximum absolute atomic E-state index is 12.6. The minimum atomic E-state index is -0.105. The highest BCUT2D eigenvalue weighted by atomic mass is 16.5. The molecule has 1 saturated carbocycles. The molecule has 3 rings (SSSR count). The predicted molar refractivity (Wildman–Crippen MR) is 108 cm³/mol. The Balaban J connectivity index is 1.43. The summed E-state index contributed by atoms with van der Waals surface area (Å²) in [4.78, 5) is 31.0. The van der Waals surface area contributed by atoms with Crippen LogP contribution in [0.4, 0.5) is 0 Å². The molecule has 2 amide bonds. The van der Waals surface area contributed by atoms with Crippen molar-refractivity contribution in [3.05, 3.63) is 29.8 Å². The summed E-state index contributed by atoms with van der Waals surface area (Å²) in [6.45, 7) is 6.12. The van der Waals surface area contributed by atoms with E-state index in [4.69, 9.17) is 4.74 Å². The van der Waals surface area contributed by atoms with Crippen LogP contribution >= 0.6 is 0 Å². The van der Waals surface area contributed by atoms with Crippen LogP contribution in [0.25, 0.3) is 0 Å². The quantitative estimate of drug-likeness (QED) is 0.718. The monoisotopic (exact) mass is 388 g/mol. The van der Waals surface area contributed by atoms with Gasteiger partial charge in [-0.15, -0.1) is 0 Å². The fourth-order valence-electron chi connectivity index (χ4n) is 3.51. The van der Waals surface area contributed by atoms with E-state index in [1.807, 2.05) is 38.2 Å². The molecule has 154 valence electrons. The number of benzene rings is 1. The van der Waals surface area contributed by atoms with Gasteiger partial charge in [-0.05, 0) is 25.8 Å². The van der Waals surface area contributed by atoms with Gasteiger partial charge in [0, 0.05) is 51.4 Å². The number of carbonyl (C=O) groups is 2. The average Bonchev–Trinajstić information content (AvgIpc) is 3.52. The first kappa shape index (κ1) is 20.6. The van der Waals surface area contributed by atoms with Crippen LogP contribution in [0.5, 0.6) is 5.75 Å². The Morgan fingerprint density at radius 2 is 1.89 bits per heavy atom. The summed E-state index contributed by atoms with van der Waals surface area (Å²) in [5.74, 6) is 1.02. The zero-order valence-corrected chi connectivity index (χ0v) is 17.2. The number of carbonyl (C=O) groups excluding carboxylic acids is 2. The molecule has 1 saturated heterocycles. The number of piperazine rings is 1. The summed E-state index contributed by atoms with van der Waals surface area (Å²) in [6.07, 6.45) is 2.22. The second-order valence-corrected chi connectivity index (χ2v) is 7.83. The number of para-hydroxylation sites is 1. The molecule has 0 spiro atoms. The van der Waals surface area contributed by atoms with Gasteiger partial charge >= 0.3 is 0 Å². The van der Waals surface area contributed by atoms with Crippen molar-refractivity contribution in [1.82, 2.24) is 20.0 Å². The molecule has 0 aromatic heterocycles. The fourth-order valence-corrected chi connectivity index (χ4v) is 3.51. The van der Waals surface area contributed by atoms with Gasteiger partial charge in [0.25, 0.3) is 0 Å². The van der Waals surface area contributed by atoms with Crippen LogP contribution in [0.15, 0.2) is 24.3 Å². The van der Waals surface area contributed by atoms with Crippen molar-refractivity contribution in [3.63, 3.8) is 0 Å². The van der Waals surface area contributed by atoms with Crippen LogP contribution in [0.3, 0.4) is 0 Å². The number of likely N-dealkylation sites (N-methyl/N-ethyl adjacent to an activating group) is 1. The third kappa shape index (κ3) is 5.45. The topological polar surface area (TPSA) is 65.1 Å². The van der Waals surface area contributed by atoms with E-state index >= 15 is 0 Å². The Morgan fingerprint density at radius 3 is 2.54 bits per heavy atom. The molecule has 28 heavy (non-hydrogen) atoms. The average molecular weight is 389 g/mol. The van der Waals surface area contributed by atoms with Gasteiger partial charge in [0.2, 0.25) is 11.8 Å². The number of nitrogens with one attached hydrogen (secondary N) is 1. The lowest BCUT2D eigenvalue weighted by Crippen LogP contribution is -2.55. The Morgan fingerprint density at radius 1 is 1.21 bits per heavy atom.